The minimum atomic E-state index is -0.107. The first-order valence-electron chi connectivity index (χ1n) is 6.43. The van der Waals surface area contributed by atoms with E-state index in [1.807, 2.05) is 0 Å². The van der Waals surface area contributed by atoms with E-state index in [1.165, 1.54) is 6.20 Å². The molecule has 1 aliphatic heterocycles. The first-order chi connectivity index (χ1) is 8.69. The Balaban J connectivity index is 0.00000180. The minimum Gasteiger partial charge on any atom is -0.397 e. The van der Waals surface area contributed by atoms with Gasteiger partial charge in [-0.25, -0.2) is 4.98 Å². The Labute approximate surface area is 132 Å². The predicted octanol–water partition coefficient (Wildman–Crippen LogP) is 1.72. The standard InChI is InChI=1S/C13H20N4O.2ClH/c1-2-17-7-5-11(6-8-17)16-13(18)12-4-3-10(14)9-15-12;;/h3-4,9,11H,2,5-8,14H2,1H3,(H,16,18);2*1H. The van der Waals surface area contributed by atoms with Gasteiger partial charge in [0.05, 0.1) is 11.9 Å². The predicted molar refractivity (Wildman–Crippen MR) is 85.7 cm³/mol. The monoisotopic (exact) mass is 320 g/mol. The molecule has 2 rings (SSSR count). The summed E-state index contributed by atoms with van der Waals surface area (Å²) in [5, 5.41) is 3.03. The second kappa shape index (κ2) is 9.00. The molecule has 1 aromatic heterocycles. The Morgan fingerprint density at radius 2 is 2.05 bits per heavy atom. The van der Waals surface area contributed by atoms with Crippen molar-refractivity contribution in [2.24, 2.45) is 0 Å². The van der Waals surface area contributed by atoms with Crippen molar-refractivity contribution in [3.63, 3.8) is 0 Å². The van der Waals surface area contributed by atoms with Gasteiger partial charge in [0.25, 0.3) is 5.91 Å². The highest BCUT2D eigenvalue weighted by molar-refractivity contribution is 5.92. The zero-order chi connectivity index (χ0) is 13.0. The van der Waals surface area contributed by atoms with E-state index in [1.54, 1.807) is 12.1 Å². The molecule has 0 radical (unpaired) electrons. The first-order valence-corrected chi connectivity index (χ1v) is 6.43. The van der Waals surface area contributed by atoms with E-state index in [0.29, 0.717) is 11.4 Å². The highest BCUT2D eigenvalue weighted by atomic mass is 35.5. The number of hydrogen-bond acceptors (Lipinski definition) is 4. The number of nitrogens with two attached hydrogens (primary N) is 1. The number of nitrogens with zero attached hydrogens (tertiary/aromatic N) is 2. The van der Waals surface area contributed by atoms with Gasteiger partial charge < -0.3 is 16.0 Å². The maximum absolute atomic E-state index is 11.9. The van der Waals surface area contributed by atoms with Gasteiger partial charge in [-0.3, -0.25) is 4.79 Å². The summed E-state index contributed by atoms with van der Waals surface area (Å²) in [6.07, 6.45) is 3.53. The number of piperidine rings is 1. The third-order valence-corrected chi connectivity index (χ3v) is 3.39. The number of aromatic nitrogens is 1. The van der Waals surface area contributed by atoms with Gasteiger partial charge in [-0.05, 0) is 31.5 Å². The van der Waals surface area contributed by atoms with Crippen molar-refractivity contribution >= 4 is 36.4 Å². The topological polar surface area (TPSA) is 71.2 Å². The van der Waals surface area contributed by atoms with E-state index in [9.17, 15) is 4.79 Å². The number of carbonyl (C=O) groups is 1. The molecule has 0 bridgehead atoms. The Kier molecular flexibility index (Phi) is 8.53. The molecule has 0 saturated carbocycles. The van der Waals surface area contributed by atoms with Gasteiger partial charge in [0.2, 0.25) is 0 Å². The highest BCUT2D eigenvalue weighted by Crippen LogP contribution is 2.10. The fourth-order valence-electron chi connectivity index (χ4n) is 2.19. The molecule has 0 aliphatic carbocycles. The summed E-state index contributed by atoms with van der Waals surface area (Å²) in [7, 11) is 0. The molecule has 0 aromatic carbocycles. The molecule has 1 fully saturated rings. The van der Waals surface area contributed by atoms with Crippen LogP contribution in [0.15, 0.2) is 18.3 Å². The van der Waals surface area contributed by atoms with Gasteiger partial charge in [0.1, 0.15) is 5.69 Å². The maximum Gasteiger partial charge on any atom is 0.270 e. The van der Waals surface area contributed by atoms with E-state index in [2.05, 4.69) is 22.1 Å². The van der Waals surface area contributed by atoms with E-state index in [-0.39, 0.29) is 36.8 Å². The van der Waals surface area contributed by atoms with Crippen LogP contribution < -0.4 is 11.1 Å². The molecule has 0 unspecified atom stereocenters. The molecule has 1 aromatic rings. The minimum absolute atomic E-state index is 0. The smallest absolute Gasteiger partial charge is 0.270 e. The molecule has 114 valence electrons. The normalized spacial score (nSPS) is 15.8. The second-order valence-electron chi connectivity index (χ2n) is 4.66. The molecule has 1 saturated heterocycles. The lowest BCUT2D eigenvalue weighted by atomic mass is 10.0. The number of rotatable bonds is 3. The summed E-state index contributed by atoms with van der Waals surface area (Å²) in [6, 6.07) is 3.62. The molecule has 0 atom stereocenters. The second-order valence-corrected chi connectivity index (χ2v) is 4.66. The number of carbonyl (C=O) groups excluding carboxylic acids is 1. The average molecular weight is 321 g/mol. The fraction of sp³-hybridized carbons (Fsp3) is 0.538. The maximum atomic E-state index is 11.9. The van der Waals surface area contributed by atoms with Gasteiger partial charge in [0.15, 0.2) is 0 Å². The van der Waals surface area contributed by atoms with Crippen molar-refractivity contribution in [3.8, 4) is 0 Å². The quantitative estimate of drug-likeness (QED) is 0.889. The zero-order valence-corrected chi connectivity index (χ0v) is 13.2. The van der Waals surface area contributed by atoms with E-state index < -0.39 is 0 Å². The zero-order valence-electron chi connectivity index (χ0n) is 11.5. The molecule has 5 nitrogen and oxygen atoms in total. The largest absolute Gasteiger partial charge is 0.397 e. The Morgan fingerprint density at radius 1 is 1.40 bits per heavy atom. The number of halogens is 2. The van der Waals surface area contributed by atoms with Crippen LogP contribution in [0.5, 0.6) is 0 Å². The summed E-state index contributed by atoms with van der Waals surface area (Å²) in [5.41, 5.74) is 6.55. The van der Waals surface area contributed by atoms with Gasteiger partial charge in [0, 0.05) is 19.1 Å². The van der Waals surface area contributed by atoms with Crippen LogP contribution in [0.4, 0.5) is 5.69 Å². The third-order valence-electron chi connectivity index (χ3n) is 3.39. The summed E-state index contributed by atoms with van der Waals surface area (Å²) in [5.74, 6) is -0.107. The Hall–Kier alpha value is -1.04. The fourth-order valence-corrected chi connectivity index (χ4v) is 2.19. The number of nitrogen functional groups attached to an aromatic ring is 1. The molecule has 20 heavy (non-hydrogen) atoms. The number of amides is 1. The molecule has 7 heteroatoms. The van der Waals surface area contributed by atoms with Gasteiger partial charge in [-0.1, -0.05) is 6.92 Å². The Morgan fingerprint density at radius 3 is 2.55 bits per heavy atom. The molecule has 1 aliphatic rings. The van der Waals surface area contributed by atoms with Crippen molar-refractivity contribution < 1.29 is 4.79 Å². The summed E-state index contributed by atoms with van der Waals surface area (Å²) < 4.78 is 0. The number of pyridine rings is 1. The van der Waals surface area contributed by atoms with E-state index in [0.717, 1.165) is 32.5 Å². The van der Waals surface area contributed by atoms with Gasteiger partial charge in [-0.15, -0.1) is 24.8 Å². The van der Waals surface area contributed by atoms with Crippen LogP contribution in [0.3, 0.4) is 0 Å². The average Bonchev–Trinajstić information content (AvgIpc) is 2.40. The van der Waals surface area contributed by atoms with Crippen molar-refractivity contribution in [2.45, 2.75) is 25.8 Å². The van der Waals surface area contributed by atoms with Crippen LogP contribution in [-0.4, -0.2) is 41.5 Å². The SMILES string of the molecule is CCN1CCC(NC(=O)c2ccc(N)cn2)CC1.Cl.Cl. The van der Waals surface area contributed by atoms with Crippen LogP contribution in [0.1, 0.15) is 30.3 Å². The lowest BCUT2D eigenvalue weighted by molar-refractivity contribution is 0.0907. The van der Waals surface area contributed by atoms with Crippen LogP contribution >= 0.6 is 24.8 Å². The first kappa shape index (κ1) is 19.0. The van der Waals surface area contributed by atoms with E-state index >= 15 is 0 Å². The summed E-state index contributed by atoms with van der Waals surface area (Å²) in [4.78, 5) is 18.4. The number of anilines is 1. The van der Waals surface area contributed by atoms with Crippen LogP contribution in [-0.2, 0) is 0 Å². The van der Waals surface area contributed by atoms with Crippen molar-refractivity contribution in [1.29, 1.82) is 0 Å². The lowest BCUT2D eigenvalue weighted by Crippen LogP contribution is -2.44. The van der Waals surface area contributed by atoms with Crippen molar-refractivity contribution in [1.82, 2.24) is 15.2 Å². The molecular formula is C13H22Cl2N4O. The Bertz CT molecular complexity index is 405. The molecule has 2 heterocycles. The summed E-state index contributed by atoms with van der Waals surface area (Å²) in [6.45, 7) is 5.35. The van der Waals surface area contributed by atoms with Crippen molar-refractivity contribution in [3.05, 3.63) is 24.0 Å². The number of likely N-dealkylation sites (tertiary alicyclic amines) is 1. The van der Waals surface area contributed by atoms with Crippen molar-refractivity contribution in [2.75, 3.05) is 25.4 Å². The number of hydrogen-bond donors (Lipinski definition) is 2. The van der Waals surface area contributed by atoms with Crippen LogP contribution in [0.2, 0.25) is 0 Å². The van der Waals surface area contributed by atoms with Gasteiger partial charge >= 0.3 is 0 Å². The van der Waals surface area contributed by atoms with Crippen LogP contribution in [0.25, 0.3) is 0 Å². The van der Waals surface area contributed by atoms with E-state index in [4.69, 9.17) is 5.73 Å². The van der Waals surface area contributed by atoms with Crippen LogP contribution in [0, 0.1) is 0 Å². The third kappa shape index (κ3) is 5.15. The summed E-state index contributed by atoms with van der Waals surface area (Å²) >= 11 is 0. The molecule has 0 spiro atoms. The lowest BCUT2D eigenvalue weighted by Gasteiger charge is -2.31. The van der Waals surface area contributed by atoms with Gasteiger partial charge in [-0.2, -0.15) is 0 Å². The number of nitrogens with one attached hydrogen (secondary N) is 1. The highest BCUT2D eigenvalue weighted by Gasteiger charge is 2.20. The molecule has 3 N–H and O–H groups in total. The molecular weight excluding hydrogens is 299 g/mol. The molecule has 1 amide bonds.